The van der Waals surface area contributed by atoms with Crippen LogP contribution in [0.1, 0.15) is 5.69 Å². The maximum absolute atomic E-state index is 11.5. The van der Waals surface area contributed by atoms with E-state index in [1.807, 2.05) is 0 Å². The second kappa shape index (κ2) is 3.84. The normalized spacial score (nSPS) is 10.4. The third-order valence-corrected chi connectivity index (χ3v) is 2.39. The zero-order valence-electron chi connectivity index (χ0n) is 9.33. The van der Waals surface area contributed by atoms with Gasteiger partial charge in [0.1, 0.15) is 28.2 Å². The maximum Gasteiger partial charge on any atom is 0.269 e. The molecule has 0 atom stereocenters. The Hall–Kier alpha value is -2.04. The Morgan fingerprint density at radius 3 is 2.44 bits per heavy atom. The highest BCUT2D eigenvalue weighted by Crippen LogP contribution is 2.29. The highest BCUT2D eigenvalue weighted by atomic mass is 16.5. The van der Waals surface area contributed by atoms with Crippen molar-refractivity contribution in [3.05, 3.63) is 28.2 Å². The Kier molecular flexibility index (Phi) is 2.52. The summed E-state index contributed by atoms with van der Waals surface area (Å²) in [7, 11) is 3.10. The van der Waals surface area contributed by atoms with Crippen molar-refractivity contribution in [2.75, 3.05) is 14.2 Å². The second-order valence-corrected chi connectivity index (χ2v) is 3.35. The van der Waals surface area contributed by atoms with Crippen molar-refractivity contribution in [1.29, 1.82) is 0 Å². The molecule has 0 aliphatic heterocycles. The van der Waals surface area contributed by atoms with Crippen LogP contribution in [0.5, 0.6) is 11.5 Å². The number of ether oxygens (including phenoxy) is 2. The van der Waals surface area contributed by atoms with Crippen molar-refractivity contribution in [3.63, 3.8) is 0 Å². The van der Waals surface area contributed by atoms with Crippen LogP contribution in [0.4, 0.5) is 0 Å². The lowest BCUT2D eigenvalue weighted by molar-refractivity contribution is 0.409. The van der Waals surface area contributed by atoms with Crippen molar-refractivity contribution in [1.82, 2.24) is 9.97 Å². The van der Waals surface area contributed by atoms with Gasteiger partial charge >= 0.3 is 0 Å². The van der Waals surface area contributed by atoms with E-state index in [1.54, 1.807) is 33.3 Å². The Morgan fingerprint density at radius 1 is 1.19 bits per heavy atom. The SMILES string of the molecule is COc1ccc(OC)c2[nH]c(=O)c(C)nc12. The molecule has 0 spiro atoms. The number of fused-ring (bicyclic) bond motifs is 1. The maximum atomic E-state index is 11.5. The molecule has 0 bridgehead atoms. The number of benzene rings is 1. The molecule has 5 heteroatoms. The summed E-state index contributed by atoms with van der Waals surface area (Å²) in [4.78, 5) is 18.4. The molecule has 2 rings (SSSR count). The molecule has 0 radical (unpaired) electrons. The lowest BCUT2D eigenvalue weighted by atomic mass is 10.2. The zero-order chi connectivity index (χ0) is 11.7. The average molecular weight is 220 g/mol. The minimum atomic E-state index is -0.223. The largest absolute Gasteiger partial charge is 0.494 e. The van der Waals surface area contributed by atoms with Gasteiger partial charge in [0.15, 0.2) is 0 Å². The molecule has 5 nitrogen and oxygen atoms in total. The molecule has 1 aromatic carbocycles. The van der Waals surface area contributed by atoms with Crippen molar-refractivity contribution in [2.45, 2.75) is 6.92 Å². The summed E-state index contributed by atoms with van der Waals surface area (Å²) in [5.74, 6) is 1.18. The van der Waals surface area contributed by atoms with Crippen LogP contribution in [-0.2, 0) is 0 Å². The monoisotopic (exact) mass is 220 g/mol. The second-order valence-electron chi connectivity index (χ2n) is 3.35. The Morgan fingerprint density at radius 2 is 1.81 bits per heavy atom. The summed E-state index contributed by atoms with van der Waals surface area (Å²) in [5, 5.41) is 0. The van der Waals surface area contributed by atoms with E-state index < -0.39 is 0 Å². The van der Waals surface area contributed by atoms with Crippen LogP contribution in [0.15, 0.2) is 16.9 Å². The van der Waals surface area contributed by atoms with Crippen LogP contribution in [0.2, 0.25) is 0 Å². The van der Waals surface area contributed by atoms with E-state index in [4.69, 9.17) is 9.47 Å². The van der Waals surface area contributed by atoms with E-state index in [0.717, 1.165) is 0 Å². The molecule has 1 N–H and O–H groups in total. The van der Waals surface area contributed by atoms with Crippen molar-refractivity contribution >= 4 is 11.0 Å². The lowest BCUT2D eigenvalue weighted by Gasteiger charge is -2.08. The van der Waals surface area contributed by atoms with Gasteiger partial charge in [-0.05, 0) is 19.1 Å². The van der Waals surface area contributed by atoms with E-state index in [1.165, 1.54) is 0 Å². The highest BCUT2D eigenvalue weighted by molar-refractivity contribution is 5.86. The zero-order valence-corrected chi connectivity index (χ0v) is 9.33. The first-order valence-corrected chi connectivity index (χ1v) is 4.79. The number of hydrogen-bond acceptors (Lipinski definition) is 4. The van der Waals surface area contributed by atoms with Crippen LogP contribution in [0.25, 0.3) is 11.0 Å². The Balaban J connectivity index is 2.90. The van der Waals surface area contributed by atoms with Gasteiger partial charge in [-0.25, -0.2) is 4.98 Å². The smallest absolute Gasteiger partial charge is 0.269 e. The Bertz CT molecular complexity index is 590. The van der Waals surface area contributed by atoms with Crippen molar-refractivity contribution in [2.24, 2.45) is 0 Å². The number of rotatable bonds is 2. The Labute approximate surface area is 92.0 Å². The summed E-state index contributed by atoms with van der Waals surface area (Å²) < 4.78 is 10.3. The van der Waals surface area contributed by atoms with E-state index in [-0.39, 0.29) is 5.56 Å². The number of aromatic amines is 1. The molecule has 2 aromatic rings. The third kappa shape index (κ3) is 1.50. The van der Waals surface area contributed by atoms with Gasteiger partial charge in [-0.3, -0.25) is 4.79 Å². The molecule has 0 aliphatic carbocycles. The molecule has 0 saturated carbocycles. The first-order valence-electron chi connectivity index (χ1n) is 4.79. The van der Waals surface area contributed by atoms with Gasteiger partial charge in [0.05, 0.1) is 14.2 Å². The van der Waals surface area contributed by atoms with Gasteiger partial charge in [-0.15, -0.1) is 0 Å². The molecule has 0 amide bonds. The summed E-state index contributed by atoms with van der Waals surface area (Å²) in [6.45, 7) is 1.65. The number of nitrogens with one attached hydrogen (secondary N) is 1. The standard InChI is InChI=1S/C11H12N2O3/c1-6-11(14)13-10-8(16-3)5-4-7(15-2)9(10)12-6/h4-5H,1-3H3,(H,13,14). The van der Waals surface area contributed by atoms with Gasteiger partial charge in [-0.2, -0.15) is 0 Å². The van der Waals surface area contributed by atoms with Crippen LogP contribution in [-0.4, -0.2) is 24.2 Å². The van der Waals surface area contributed by atoms with E-state index in [2.05, 4.69) is 9.97 Å². The van der Waals surface area contributed by atoms with Crippen molar-refractivity contribution in [3.8, 4) is 11.5 Å². The third-order valence-electron chi connectivity index (χ3n) is 2.39. The molecule has 0 saturated heterocycles. The summed E-state index contributed by atoms with van der Waals surface area (Å²) in [5.41, 5.74) is 1.33. The van der Waals surface area contributed by atoms with Gasteiger partial charge < -0.3 is 14.5 Å². The minimum Gasteiger partial charge on any atom is -0.494 e. The van der Waals surface area contributed by atoms with Gasteiger partial charge in [-0.1, -0.05) is 0 Å². The van der Waals surface area contributed by atoms with Gasteiger partial charge in [0.25, 0.3) is 5.56 Å². The minimum absolute atomic E-state index is 0.223. The first-order chi connectivity index (χ1) is 7.67. The molecule has 0 unspecified atom stereocenters. The quantitative estimate of drug-likeness (QED) is 0.827. The topological polar surface area (TPSA) is 64.2 Å². The molecule has 84 valence electrons. The van der Waals surface area contributed by atoms with Crippen LogP contribution in [0, 0.1) is 6.92 Å². The molecule has 1 aromatic heterocycles. The highest BCUT2D eigenvalue weighted by Gasteiger charge is 2.10. The fraction of sp³-hybridized carbons (Fsp3) is 0.273. The summed E-state index contributed by atoms with van der Waals surface area (Å²) in [6.07, 6.45) is 0. The predicted molar refractivity (Wildman–Crippen MR) is 60.2 cm³/mol. The van der Waals surface area contributed by atoms with Crippen LogP contribution < -0.4 is 15.0 Å². The number of hydrogen-bond donors (Lipinski definition) is 1. The fourth-order valence-corrected chi connectivity index (χ4v) is 1.54. The average Bonchev–Trinajstić information content (AvgIpc) is 2.29. The van der Waals surface area contributed by atoms with Gasteiger partial charge in [0.2, 0.25) is 0 Å². The summed E-state index contributed by atoms with van der Waals surface area (Å²) >= 11 is 0. The van der Waals surface area contributed by atoms with Crippen LogP contribution in [0.3, 0.4) is 0 Å². The number of H-pyrrole nitrogens is 1. The van der Waals surface area contributed by atoms with Crippen molar-refractivity contribution < 1.29 is 9.47 Å². The predicted octanol–water partition coefficient (Wildman–Crippen LogP) is 1.25. The molecule has 0 fully saturated rings. The van der Waals surface area contributed by atoms with E-state index in [0.29, 0.717) is 28.2 Å². The molecule has 16 heavy (non-hydrogen) atoms. The van der Waals surface area contributed by atoms with Gasteiger partial charge in [0, 0.05) is 0 Å². The number of methoxy groups -OCH3 is 2. The number of aryl methyl sites for hydroxylation is 1. The van der Waals surface area contributed by atoms with E-state index in [9.17, 15) is 4.79 Å². The lowest BCUT2D eigenvalue weighted by Crippen LogP contribution is -2.12. The number of nitrogens with zero attached hydrogens (tertiary/aromatic N) is 1. The molecular weight excluding hydrogens is 208 g/mol. The number of aromatic nitrogens is 2. The molecule has 1 heterocycles. The fourth-order valence-electron chi connectivity index (χ4n) is 1.54. The van der Waals surface area contributed by atoms with E-state index >= 15 is 0 Å². The molecule has 0 aliphatic rings. The summed E-state index contributed by atoms with van der Waals surface area (Å²) in [6, 6.07) is 3.49. The van der Waals surface area contributed by atoms with Crippen LogP contribution >= 0.6 is 0 Å². The first kappa shape index (κ1) is 10.5. The molecular formula is C11H12N2O3.